The van der Waals surface area contributed by atoms with Crippen LogP contribution >= 0.6 is 0 Å². The second-order valence-corrected chi connectivity index (χ2v) is 4.99. The van der Waals surface area contributed by atoms with E-state index in [4.69, 9.17) is 0 Å². The summed E-state index contributed by atoms with van der Waals surface area (Å²) in [5.74, 6) is 2.15. The van der Waals surface area contributed by atoms with Gasteiger partial charge in [-0.25, -0.2) is 4.98 Å². The largest absolute Gasteiger partial charge is 0.337 e. The second-order valence-electron chi connectivity index (χ2n) is 4.99. The van der Waals surface area contributed by atoms with Gasteiger partial charge < -0.3 is 9.88 Å². The minimum atomic E-state index is 0.490. The Morgan fingerprint density at radius 1 is 1.33 bits per heavy atom. The molecule has 0 spiro atoms. The monoisotopic (exact) mass is 205 g/mol. The third-order valence-electron chi connectivity index (χ3n) is 4.07. The zero-order valence-corrected chi connectivity index (χ0v) is 9.32. The number of hydrogen-bond donors (Lipinski definition) is 1. The molecule has 1 aromatic heterocycles. The Kier molecular flexibility index (Phi) is 2.28. The Hall–Kier alpha value is -0.830. The molecule has 15 heavy (non-hydrogen) atoms. The van der Waals surface area contributed by atoms with Gasteiger partial charge in [0.1, 0.15) is 5.82 Å². The first-order valence-corrected chi connectivity index (χ1v) is 6.08. The number of aryl methyl sites for hydroxylation is 1. The third kappa shape index (κ3) is 1.59. The number of nitrogens with one attached hydrogen (secondary N) is 1. The normalized spacial score (nSPS) is 35.4. The molecule has 0 radical (unpaired) electrons. The molecule has 3 nitrogen and oxygen atoms in total. The Bertz CT molecular complexity index is 344. The van der Waals surface area contributed by atoms with Gasteiger partial charge in [-0.2, -0.15) is 0 Å². The molecule has 3 rings (SSSR count). The van der Waals surface area contributed by atoms with Crippen LogP contribution in [0.4, 0.5) is 0 Å². The molecular formula is C12H19N3. The molecule has 3 unspecified atom stereocenters. The number of hydrogen-bond acceptors (Lipinski definition) is 2. The van der Waals surface area contributed by atoms with Crippen LogP contribution in [0, 0.1) is 5.92 Å². The van der Waals surface area contributed by atoms with Crippen LogP contribution in [-0.4, -0.2) is 15.6 Å². The summed E-state index contributed by atoms with van der Waals surface area (Å²) in [7, 11) is 2.09. The molecule has 1 N–H and O–H groups in total. The minimum Gasteiger partial charge on any atom is -0.337 e. The van der Waals surface area contributed by atoms with Gasteiger partial charge in [-0.15, -0.1) is 0 Å². The fourth-order valence-corrected chi connectivity index (χ4v) is 3.24. The van der Waals surface area contributed by atoms with Gasteiger partial charge in [0, 0.05) is 25.5 Å². The molecule has 2 aliphatic rings. The van der Waals surface area contributed by atoms with Crippen molar-refractivity contribution in [2.24, 2.45) is 13.0 Å². The SMILES string of the molecule is Cn1ccnc1C1CCC2CCCC2N1. The number of imidazole rings is 1. The number of fused-ring (bicyclic) bond motifs is 1. The van der Waals surface area contributed by atoms with Crippen molar-refractivity contribution in [2.45, 2.75) is 44.2 Å². The highest BCUT2D eigenvalue weighted by Crippen LogP contribution is 2.37. The van der Waals surface area contributed by atoms with Gasteiger partial charge in [-0.05, 0) is 31.6 Å². The van der Waals surface area contributed by atoms with E-state index in [1.54, 1.807) is 0 Å². The maximum absolute atomic E-state index is 4.45. The molecule has 1 saturated heterocycles. The van der Waals surface area contributed by atoms with Crippen molar-refractivity contribution in [3.63, 3.8) is 0 Å². The zero-order chi connectivity index (χ0) is 10.3. The van der Waals surface area contributed by atoms with Crippen LogP contribution in [0.5, 0.6) is 0 Å². The first-order chi connectivity index (χ1) is 7.34. The quantitative estimate of drug-likeness (QED) is 0.760. The molecule has 0 aromatic carbocycles. The molecule has 1 aromatic rings. The van der Waals surface area contributed by atoms with Crippen LogP contribution in [0.1, 0.15) is 44.0 Å². The predicted molar refractivity (Wildman–Crippen MR) is 59.4 cm³/mol. The fourth-order valence-electron chi connectivity index (χ4n) is 3.24. The minimum absolute atomic E-state index is 0.490. The first kappa shape index (κ1) is 9.40. The molecule has 82 valence electrons. The summed E-state index contributed by atoms with van der Waals surface area (Å²) in [6.07, 6.45) is 10.8. The molecule has 3 atom stereocenters. The van der Waals surface area contributed by atoms with Crippen LogP contribution in [0.25, 0.3) is 0 Å². The van der Waals surface area contributed by atoms with E-state index in [0.29, 0.717) is 6.04 Å². The van der Waals surface area contributed by atoms with Gasteiger partial charge in [0.15, 0.2) is 0 Å². The first-order valence-electron chi connectivity index (χ1n) is 6.08. The number of nitrogens with zero attached hydrogens (tertiary/aromatic N) is 2. The Morgan fingerprint density at radius 2 is 2.27 bits per heavy atom. The van der Waals surface area contributed by atoms with Crippen molar-refractivity contribution in [1.82, 2.24) is 14.9 Å². The molecule has 2 heterocycles. The average molecular weight is 205 g/mol. The van der Waals surface area contributed by atoms with E-state index in [1.165, 1.54) is 37.9 Å². The van der Waals surface area contributed by atoms with Crippen molar-refractivity contribution in [3.8, 4) is 0 Å². The summed E-state index contributed by atoms with van der Waals surface area (Å²) < 4.78 is 2.15. The zero-order valence-electron chi connectivity index (χ0n) is 9.32. The standard InChI is InChI=1S/C12H19N3/c1-15-8-7-13-12(15)11-6-5-9-3-2-4-10(9)14-11/h7-11,14H,2-6H2,1H3. The number of rotatable bonds is 1. The summed E-state index contributed by atoms with van der Waals surface area (Å²) in [6.45, 7) is 0. The van der Waals surface area contributed by atoms with E-state index in [-0.39, 0.29) is 0 Å². The topological polar surface area (TPSA) is 29.9 Å². The highest BCUT2D eigenvalue weighted by Gasteiger charge is 2.34. The Morgan fingerprint density at radius 3 is 3.07 bits per heavy atom. The van der Waals surface area contributed by atoms with Crippen LogP contribution in [0.3, 0.4) is 0 Å². The Labute approximate surface area is 90.9 Å². The predicted octanol–water partition coefficient (Wildman–Crippen LogP) is 2.01. The van der Waals surface area contributed by atoms with Crippen molar-refractivity contribution in [1.29, 1.82) is 0 Å². The van der Waals surface area contributed by atoms with E-state index < -0.39 is 0 Å². The summed E-state index contributed by atoms with van der Waals surface area (Å²) in [5.41, 5.74) is 0. The molecular weight excluding hydrogens is 186 g/mol. The third-order valence-corrected chi connectivity index (χ3v) is 4.07. The lowest BCUT2D eigenvalue weighted by molar-refractivity contribution is 0.252. The molecule has 3 heteroatoms. The van der Waals surface area contributed by atoms with E-state index in [2.05, 4.69) is 21.9 Å². The van der Waals surface area contributed by atoms with Crippen LogP contribution in [-0.2, 0) is 7.05 Å². The lowest BCUT2D eigenvalue weighted by atomic mass is 9.89. The van der Waals surface area contributed by atoms with Crippen LogP contribution in [0.2, 0.25) is 0 Å². The van der Waals surface area contributed by atoms with Gasteiger partial charge in [0.05, 0.1) is 6.04 Å². The number of aromatic nitrogens is 2. The summed E-state index contributed by atoms with van der Waals surface area (Å²) in [5, 5.41) is 3.78. The lowest BCUT2D eigenvalue weighted by Gasteiger charge is -2.33. The van der Waals surface area contributed by atoms with Gasteiger partial charge >= 0.3 is 0 Å². The smallest absolute Gasteiger partial charge is 0.125 e. The maximum Gasteiger partial charge on any atom is 0.125 e. The highest BCUT2D eigenvalue weighted by atomic mass is 15.1. The van der Waals surface area contributed by atoms with Crippen molar-refractivity contribution in [3.05, 3.63) is 18.2 Å². The lowest BCUT2D eigenvalue weighted by Crippen LogP contribution is -2.41. The van der Waals surface area contributed by atoms with E-state index in [9.17, 15) is 0 Å². The Balaban J connectivity index is 1.76. The molecule has 1 aliphatic heterocycles. The van der Waals surface area contributed by atoms with Crippen LogP contribution < -0.4 is 5.32 Å². The fraction of sp³-hybridized carbons (Fsp3) is 0.750. The molecule has 0 bridgehead atoms. The summed E-state index contributed by atoms with van der Waals surface area (Å²) >= 11 is 0. The van der Waals surface area contributed by atoms with Crippen molar-refractivity contribution >= 4 is 0 Å². The number of piperidine rings is 1. The second kappa shape index (κ2) is 3.63. The molecule has 0 amide bonds. The van der Waals surface area contributed by atoms with Crippen molar-refractivity contribution in [2.75, 3.05) is 0 Å². The van der Waals surface area contributed by atoms with Gasteiger partial charge in [0.25, 0.3) is 0 Å². The van der Waals surface area contributed by atoms with Crippen LogP contribution in [0.15, 0.2) is 12.4 Å². The summed E-state index contributed by atoms with van der Waals surface area (Å²) in [6, 6.07) is 1.25. The molecule has 1 aliphatic carbocycles. The van der Waals surface area contributed by atoms with Gasteiger partial charge in [-0.1, -0.05) is 6.42 Å². The highest BCUT2D eigenvalue weighted by molar-refractivity contribution is 5.03. The average Bonchev–Trinajstić information content (AvgIpc) is 2.84. The summed E-state index contributed by atoms with van der Waals surface area (Å²) in [4.78, 5) is 4.45. The molecule has 2 fully saturated rings. The molecule has 1 saturated carbocycles. The van der Waals surface area contributed by atoms with Gasteiger partial charge in [-0.3, -0.25) is 0 Å². The van der Waals surface area contributed by atoms with E-state index in [0.717, 1.165) is 12.0 Å². The maximum atomic E-state index is 4.45. The van der Waals surface area contributed by atoms with Crippen molar-refractivity contribution < 1.29 is 0 Å². The van der Waals surface area contributed by atoms with E-state index in [1.807, 2.05) is 12.4 Å². The van der Waals surface area contributed by atoms with E-state index >= 15 is 0 Å². The van der Waals surface area contributed by atoms with Gasteiger partial charge in [0.2, 0.25) is 0 Å².